The van der Waals surface area contributed by atoms with Crippen LogP contribution in [0.5, 0.6) is 11.5 Å². The molecule has 0 unspecified atom stereocenters. The van der Waals surface area contributed by atoms with E-state index in [1.807, 2.05) is 0 Å². The van der Waals surface area contributed by atoms with E-state index in [2.05, 4.69) is 9.98 Å². The van der Waals surface area contributed by atoms with E-state index in [9.17, 15) is 19.0 Å². The summed E-state index contributed by atoms with van der Waals surface area (Å²) < 4.78 is 26.2. The Bertz CT molecular complexity index is 748. The zero-order valence-corrected chi connectivity index (χ0v) is 15.5. The molecule has 2 aromatic rings. The molecule has 0 heterocycles. The molecule has 2 rings (SSSR count). The first-order chi connectivity index (χ1) is 12.3. The molecular weight excluding hydrogens is 401 g/mol. The maximum absolute atomic E-state index is 13.1. The summed E-state index contributed by atoms with van der Waals surface area (Å²) >= 11 is 0. The van der Waals surface area contributed by atoms with Crippen molar-refractivity contribution < 1.29 is 46.0 Å². The summed E-state index contributed by atoms with van der Waals surface area (Å²) in [7, 11) is 0. The van der Waals surface area contributed by atoms with Crippen LogP contribution < -0.4 is 0 Å². The number of nitrogens with zero attached hydrogens (tertiary/aromatic N) is 2. The molecule has 2 aromatic carbocycles. The van der Waals surface area contributed by atoms with Crippen molar-refractivity contribution in [2.24, 2.45) is 9.98 Å². The molecule has 6 nitrogen and oxygen atoms in total. The fourth-order valence-corrected chi connectivity index (χ4v) is 1.71. The number of carboxylic acid groups (broad SMARTS) is 1. The van der Waals surface area contributed by atoms with Gasteiger partial charge >= 0.3 is 0 Å². The smallest absolute Gasteiger partial charge is 0.300 e. The number of aliphatic carboxylic acids is 1. The average molecular weight is 419 g/mol. The maximum atomic E-state index is 13.1. The van der Waals surface area contributed by atoms with Crippen molar-refractivity contribution >= 4 is 18.4 Å². The monoisotopic (exact) mass is 419 g/mol. The zero-order valence-electron chi connectivity index (χ0n) is 14.3. The van der Waals surface area contributed by atoms with Gasteiger partial charge in [-0.2, -0.15) is 0 Å². The van der Waals surface area contributed by atoms with Crippen LogP contribution in [0.1, 0.15) is 18.1 Å². The molecule has 0 aliphatic rings. The van der Waals surface area contributed by atoms with Crippen molar-refractivity contribution in [1.82, 2.24) is 0 Å². The summed E-state index contributed by atoms with van der Waals surface area (Å²) in [6.45, 7) is 1.70. The third-order valence-electron chi connectivity index (χ3n) is 2.85. The number of carbonyl (C=O) groups is 1. The van der Waals surface area contributed by atoms with Crippen LogP contribution in [0, 0.1) is 11.6 Å². The van der Waals surface area contributed by atoms with Gasteiger partial charge in [0.1, 0.15) is 0 Å². The van der Waals surface area contributed by atoms with Crippen molar-refractivity contribution in [2.45, 2.75) is 6.92 Å². The standard InChI is InChI=1S/C16H14F2N2O2.C2H4O2.Mn/c17-13-5-1-3-11(15(13)21)9-19-7-8-20-10-12-4-2-6-14(18)16(12)22;1-2(3)4;/h1-6,9-10,21-22H,7-8H2;1H3,(H,3,4);. The minimum Gasteiger partial charge on any atom is -0.504 e. The molecule has 0 bridgehead atoms. The second-order valence-corrected chi connectivity index (χ2v) is 4.94. The van der Waals surface area contributed by atoms with Gasteiger partial charge in [0.05, 0.1) is 13.1 Å². The maximum Gasteiger partial charge on any atom is 0.300 e. The molecule has 27 heavy (non-hydrogen) atoms. The first-order valence-corrected chi connectivity index (χ1v) is 7.47. The van der Waals surface area contributed by atoms with E-state index >= 15 is 0 Å². The number of halogens is 2. The Kier molecular flexibility index (Phi) is 11.3. The van der Waals surface area contributed by atoms with Crippen molar-refractivity contribution in [3.05, 3.63) is 59.2 Å². The SMILES string of the molecule is CC(=O)O.Oc1c(F)cccc1C=NCCN=Cc1cccc(F)c1O.[Mn]. The summed E-state index contributed by atoms with van der Waals surface area (Å²) in [4.78, 5) is 17.0. The van der Waals surface area contributed by atoms with Gasteiger partial charge in [0.15, 0.2) is 23.1 Å². The number of benzene rings is 2. The number of aromatic hydroxyl groups is 2. The van der Waals surface area contributed by atoms with Gasteiger partial charge in [-0.25, -0.2) is 8.78 Å². The van der Waals surface area contributed by atoms with Crippen molar-refractivity contribution in [3.8, 4) is 11.5 Å². The van der Waals surface area contributed by atoms with E-state index in [0.717, 1.165) is 19.1 Å². The topological polar surface area (TPSA) is 102 Å². The number of hydrogen-bond acceptors (Lipinski definition) is 5. The Labute approximate surface area is 165 Å². The van der Waals surface area contributed by atoms with Crippen LogP contribution in [-0.2, 0) is 21.9 Å². The van der Waals surface area contributed by atoms with E-state index in [1.54, 1.807) is 0 Å². The first kappa shape index (κ1) is 24.2. The molecule has 9 heteroatoms. The average Bonchev–Trinajstić information content (AvgIpc) is 2.57. The van der Waals surface area contributed by atoms with E-state index in [-0.39, 0.29) is 28.2 Å². The predicted octanol–water partition coefficient (Wildman–Crippen LogP) is 3.00. The summed E-state index contributed by atoms with van der Waals surface area (Å²) in [6, 6.07) is 8.33. The van der Waals surface area contributed by atoms with Crippen LogP contribution in [0.2, 0.25) is 0 Å². The molecule has 0 aromatic heterocycles. The Morgan fingerprint density at radius 1 is 0.926 bits per heavy atom. The van der Waals surface area contributed by atoms with Gasteiger partial charge in [-0.3, -0.25) is 14.8 Å². The Balaban J connectivity index is 0.00000123. The molecule has 1 radical (unpaired) electrons. The Hall–Kier alpha value is -2.77. The molecule has 0 amide bonds. The Morgan fingerprint density at radius 2 is 1.26 bits per heavy atom. The third-order valence-corrected chi connectivity index (χ3v) is 2.85. The van der Waals surface area contributed by atoms with Gasteiger partial charge in [0.2, 0.25) is 0 Å². The van der Waals surface area contributed by atoms with E-state index in [1.165, 1.54) is 36.7 Å². The van der Waals surface area contributed by atoms with Crippen LogP contribution in [0.3, 0.4) is 0 Å². The summed E-state index contributed by atoms with van der Waals surface area (Å²) in [5.74, 6) is -3.13. The van der Waals surface area contributed by atoms with Crippen LogP contribution in [-0.4, -0.2) is 46.8 Å². The number of phenols is 2. The van der Waals surface area contributed by atoms with Crippen LogP contribution in [0.4, 0.5) is 8.78 Å². The second-order valence-electron chi connectivity index (χ2n) is 4.94. The molecule has 145 valence electrons. The number of carboxylic acids is 1. The molecule has 0 aliphatic carbocycles. The summed E-state index contributed by atoms with van der Waals surface area (Å²) in [6.07, 6.45) is 2.71. The number of phenolic OH excluding ortho intramolecular Hbond substituents is 2. The molecule has 3 N–H and O–H groups in total. The van der Waals surface area contributed by atoms with Gasteiger partial charge < -0.3 is 15.3 Å². The quantitative estimate of drug-likeness (QED) is 0.394. The van der Waals surface area contributed by atoms with Gasteiger partial charge in [-0.1, -0.05) is 12.1 Å². The minimum atomic E-state index is -0.833. The van der Waals surface area contributed by atoms with E-state index in [0.29, 0.717) is 13.1 Å². The van der Waals surface area contributed by atoms with Crippen LogP contribution >= 0.6 is 0 Å². The largest absolute Gasteiger partial charge is 0.504 e. The van der Waals surface area contributed by atoms with Crippen LogP contribution in [0.15, 0.2) is 46.4 Å². The molecule has 0 aliphatic heterocycles. The molecule has 0 saturated heterocycles. The van der Waals surface area contributed by atoms with E-state index < -0.39 is 29.1 Å². The second kappa shape index (κ2) is 12.6. The third kappa shape index (κ3) is 8.94. The molecule has 0 atom stereocenters. The molecular formula is C18H18F2MnN2O4. The minimum absolute atomic E-state index is 0. The van der Waals surface area contributed by atoms with Gasteiger partial charge in [0, 0.05) is 47.5 Å². The number of rotatable bonds is 5. The van der Waals surface area contributed by atoms with Gasteiger partial charge in [0.25, 0.3) is 5.97 Å². The van der Waals surface area contributed by atoms with Crippen molar-refractivity contribution in [1.29, 1.82) is 0 Å². The Morgan fingerprint density at radius 3 is 1.59 bits per heavy atom. The van der Waals surface area contributed by atoms with Gasteiger partial charge in [-0.15, -0.1) is 0 Å². The first-order valence-electron chi connectivity index (χ1n) is 7.47. The fourth-order valence-electron chi connectivity index (χ4n) is 1.71. The molecule has 0 fully saturated rings. The van der Waals surface area contributed by atoms with Gasteiger partial charge in [-0.05, 0) is 24.3 Å². The summed E-state index contributed by atoms with van der Waals surface area (Å²) in [5, 5.41) is 26.3. The van der Waals surface area contributed by atoms with Crippen molar-refractivity contribution in [2.75, 3.05) is 13.1 Å². The molecule has 0 spiro atoms. The zero-order chi connectivity index (χ0) is 19.5. The van der Waals surface area contributed by atoms with Crippen molar-refractivity contribution in [3.63, 3.8) is 0 Å². The summed E-state index contributed by atoms with van der Waals surface area (Å²) in [5.41, 5.74) is 0.568. The number of hydrogen-bond donors (Lipinski definition) is 3. The number of para-hydroxylation sites is 2. The predicted molar refractivity (Wildman–Crippen MR) is 94.4 cm³/mol. The normalized spacial score (nSPS) is 10.3. The number of aliphatic imine (C=N–C) groups is 2. The van der Waals surface area contributed by atoms with Crippen LogP contribution in [0.25, 0.3) is 0 Å². The molecule has 0 saturated carbocycles. The van der Waals surface area contributed by atoms with E-state index in [4.69, 9.17) is 9.90 Å². The fraction of sp³-hybridized carbons (Fsp3) is 0.167.